The third kappa shape index (κ3) is 3.47. The lowest BCUT2D eigenvalue weighted by atomic mass is 9.84. The summed E-state index contributed by atoms with van der Waals surface area (Å²) in [5.74, 6) is 0.732. The average Bonchev–Trinajstić information content (AvgIpc) is 3.23. The minimum atomic E-state index is -0.113. The van der Waals surface area contributed by atoms with E-state index in [1.807, 2.05) is 4.90 Å². The first kappa shape index (κ1) is 18.8. The maximum atomic E-state index is 12.8. The number of piperidine rings is 1. The fourth-order valence-electron chi connectivity index (χ4n) is 5.27. The quantitative estimate of drug-likeness (QED) is 0.828. The minimum absolute atomic E-state index is 0.0190. The topological polar surface area (TPSA) is 75.4 Å². The van der Waals surface area contributed by atoms with E-state index in [4.69, 9.17) is 17.3 Å². The summed E-state index contributed by atoms with van der Waals surface area (Å²) in [5, 5.41) is 3.35. The molecular weight excluding hydrogens is 362 g/mol. The van der Waals surface area contributed by atoms with Crippen molar-refractivity contribution >= 4 is 29.1 Å². The van der Waals surface area contributed by atoms with E-state index in [-0.39, 0.29) is 29.8 Å². The summed E-state index contributed by atoms with van der Waals surface area (Å²) in [4.78, 5) is 27.5. The van der Waals surface area contributed by atoms with E-state index >= 15 is 0 Å². The normalized spacial score (nSPS) is 32.6. The number of hydrogen-bond acceptors (Lipinski definition) is 3. The Hall–Kier alpha value is -1.59. The first-order valence-electron chi connectivity index (χ1n) is 10.1. The van der Waals surface area contributed by atoms with E-state index in [1.165, 1.54) is 0 Å². The largest absolute Gasteiger partial charge is 0.336 e. The smallest absolute Gasteiger partial charge is 0.255 e. The van der Waals surface area contributed by atoms with Crippen LogP contribution in [0.1, 0.15) is 55.8 Å². The van der Waals surface area contributed by atoms with Crippen molar-refractivity contribution in [1.82, 2.24) is 4.90 Å². The van der Waals surface area contributed by atoms with Crippen LogP contribution in [0, 0.1) is 17.8 Å². The number of nitrogens with one attached hydrogen (secondary N) is 1. The SMILES string of the molecule is CC1CCCCN1C(=O)c1ccc(NC(=O)C2C3CCC(C3)C2N)cc1Cl. The van der Waals surface area contributed by atoms with Gasteiger partial charge in [0.25, 0.3) is 5.91 Å². The lowest BCUT2D eigenvalue weighted by Gasteiger charge is -2.33. The highest BCUT2D eigenvalue weighted by Crippen LogP contribution is 2.48. The fraction of sp³-hybridized carbons (Fsp3) is 0.619. The molecule has 1 heterocycles. The number of rotatable bonds is 3. The Kier molecular flexibility index (Phi) is 5.17. The molecule has 3 N–H and O–H groups in total. The van der Waals surface area contributed by atoms with Gasteiger partial charge in [0.2, 0.25) is 5.91 Å². The Morgan fingerprint density at radius 1 is 1.19 bits per heavy atom. The summed E-state index contributed by atoms with van der Waals surface area (Å²) in [7, 11) is 0. The number of nitrogens with zero attached hydrogens (tertiary/aromatic N) is 1. The van der Waals surface area contributed by atoms with Crippen LogP contribution in [0.4, 0.5) is 5.69 Å². The van der Waals surface area contributed by atoms with Crippen molar-refractivity contribution in [3.63, 3.8) is 0 Å². The van der Waals surface area contributed by atoms with Gasteiger partial charge in [-0.2, -0.15) is 0 Å². The first-order valence-corrected chi connectivity index (χ1v) is 10.5. The number of carbonyl (C=O) groups is 2. The Morgan fingerprint density at radius 3 is 2.63 bits per heavy atom. The summed E-state index contributed by atoms with van der Waals surface area (Å²) in [5.41, 5.74) is 7.40. The van der Waals surface area contributed by atoms with E-state index < -0.39 is 0 Å². The second-order valence-corrected chi connectivity index (χ2v) is 8.87. The highest BCUT2D eigenvalue weighted by Gasteiger charge is 2.49. The zero-order valence-corrected chi connectivity index (χ0v) is 16.5. The van der Waals surface area contributed by atoms with Crippen molar-refractivity contribution in [2.75, 3.05) is 11.9 Å². The summed E-state index contributed by atoms with van der Waals surface area (Å²) in [6, 6.07) is 5.37. The number of hydrogen-bond donors (Lipinski definition) is 2. The lowest BCUT2D eigenvalue weighted by molar-refractivity contribution is -0.121. The summed E-state index contributed by atoms with van der Waals surface area (Å²) >= 11 is 6.40. The molecule has 0 spiro atoms. The predicted octanol–water partition coefficient (Wildman–Crippen LogP) is 3.67. The number of carbonyl (C=O) groups excluding carboxylic acids is 2. The molecule has 5 unspecified atom stereocenters. The molecule has 5 atom stereocenters. The average molecular weight is 390 g/mol. The van der Waals surface area contributed by atoms with Gasteiger partial charge in [-0.25, -0.2) is 0 Å². The number of fused-ring (bicyclic) bond motifs is 2. The van der Waals surface area contributed by atoms with E-state index in [1.54, 1.807) is 18.2 Å². The molecule has 0 radical (unpaired) electrons. The van der Waals surface area contributed by atoms with Crippen LogP contribution in [0.5, 0.6) is 0 Å². The first-order chi connectivity index (χ1) is 13.0. The van der Waals surface area contributed by atoms with Crippen molar-refractivity contribution in [2.45, 2.75) is 57.5 Å². The molecule has 0 aromatic heterocycles. The van der Waals surface area contributed by atoms with Crippen LogP contribution < -0.4 is 11.1 Å². The highest BCUT2D eigenvalue weighted by molar-refractivity contribution is 6.34. The molecule has 3 aliphatic rings. The van der Waals surface area contributed by atoms with Gasteiger partial charge in [-0.3, -0.25) is 9.59 Å². The molecule has 2 saturated carbocycles. The van der Waals surface area contributed by atoms with Crippen LogP contribution in [-0.4, -0.2) is 35.3 Å². The van der Waals surface area contributed by atoms with Crippen LogP contribution in [0.3, 0.4) is 0 Å². The second-order valence-electron chi connectivity index (χ2n) is 8.46. The van der Waals surface area contributed by atoms with Crippen LogP contribution in [-0.2, 0) is 4.79 Å². The van der Waals surface area contributed by atoms with E-state index in [0.717, 1.165) is 45.1 Å². The van der Waals surface area contributed by atoms with Crippen molar-refractivity contribution in [3.8, 4) is 0 Å². The molecule has 1 aliphatic heterocycles. The van der Waals surface area contributed by atoms with Crippen molar-refractivity contribution in [2.24, 2.45) is 23.5 Å². The Morgan fingerprint density at radius 2 is 1.96 bits per heavy atom. The Balaban J connectivity index is 1.45. The third-order valence-electron chi connectivity index (χ3n) is 6.81. The zero-order valence-electron chi connectivity index (χ0n) is 15.8. The lowest BCUT2D eigenvalue weighted by Crippen LogP contribution is -2.42. The molecule has 2 amide bonds. The number of benzene rings is 1. The molecule has 1 aromatic carbocycles. The van der Waals surface area contributed by atoms with Gasteiger partial charge >= 0.3 is 0 Å². The molecule has 27 heavy (non-hydrogen) atoms. The molecule has 146 valence electrons. The van der Waals surface area contributed by atoms with Gasteiger partial charge in [-0.05, 0) is 75.5 Å². The van der Waals surface area contributed by atoms with Gasteiger partial charge in [0, 0.05) is 24.3 Å². The van der Waals surface area contributed by atoms with Crippen LogP contribution in [0.25, 0.3) is 0 Å². The third-order valence-corrected chi connectivity index (χ3v) is 7.13. The van der Waals surface area contributed by atoms with Gasteiger partial charge in [0.1, 0.15) is 0 Å². The monoisotopic (exact) mass is 389 g/mol. The number of nitrogens with two attached hydrogens (primary N) is 1. The molecule has 6 heteroatoms. The molecule has 2 aliphatic carbocycles. The molecule has 5 nitrogen and oxygen atoms in total. The molecule has 4 rings (SSSR count). The Labute approximate surface area is 165 Å². The van der Waals surface area contributed by atoms with Crippen molar-refractivity contribution in [3.05, 3.63) is 28.8 Å². The summed E-state index contributed by atoms with van der Waals surface area (Å²) in [6.45, 7) is 2.86. The van der Waals surface area contributed by atoms with Crippen LogP contribution >= 0.6 is 11.6 Å². The number of likely N-dealkylation sites (tertiary alicyclic amines) is 1. The summed E-state index contributed by atoms with van der Waals surface area (Å²) < 4.78 is 0. The van der Waals surface area contributed by atoms with Gasteiger partial charge in [0.05, 0.1) is 16.5 Å². The standard InChI is InChI=1S/C21H28ClN3O2/c1-12-4-2-3-9-25(12)21(27)16-8-7-15(11-17(16)22)24-20(26)18-13-5-6-14(10-13)19(18)23/h7-8,11-14,18-19H,2-6,9-10,23H2,1H3,(H,24,26). The Bertz CT molecular complexity index is 751. The predicted molar refractivity (Wildman–Crippen MR) is 107 cm³/mol. The van der Waals surface area contributed by atoms with Gasteiger partial charge in [-0.15, -0.1) is 0 Å². The van der Waals surface area contributed by atoms with Gasteiger partial charge < -0.3 is 16.0 Å². The molecular formula is C21H28ClN3O2. The van der Waals surface area contributed by atoms with Crippen molar-refractivity contribution < 1.29 is 9.59 Å². The minimum Gasteiger partial charge on any atom is -0.336 e. The zero-order chi connectivity index (χ0) is 19.1. The maximum Gasteiger partial charge on any atom is 0.255 e. The maximum absolute atomic E-state index is 12.8. The number of anilines is 1. The van der Waals surface area contributed by atoms with Crippen LogP contribution in [0.2, 0.25) is 5.02 Å². The number of halogens is 1. The van der Waals surface area contributed by atoms with Gasteiger partial charge in [-0.1, -0.05) is 11.6 Å². The molecule has 3 fully saturated rings. The second kappa shape index (κ2) is 7.44. The summed E-state index contributed by atoms with van der Waals surface area (Å²) in [6.07, 6.45) is 6.54. The fourth-order valence-corrected chi connectivity index (χ4v) is 5.53. The van der Waals surface area contributed by atoms with E-state index in [9.17, 15) is 9.59 Å². The molecule has 1 aromatic rings. The van der Waals surface area contributed by atoms with Crippen molar-refractivity contribution in [1.29, 1.82) is 0 Å². The van der Waals surface area contributed by atoms with Crippen LogP contribution in [0.15, 0.2) is 18.2 Å². The van der Waals surface area contributed by atoms with E-state index in [0.29, 0.717) is 28.1 Å². The van der Waals surface area contributed by atoms with E-state index in [2.05, 4.69) is 12.2 Å². The highest BCUT2D eigenvalue weighted by atomic mass is 35.5. The molecule has 1 saturated heterocycles. The number of amides is 2. The molecule has 2 bridgehead atoms. The van der Waals surface area contributed by atoms with Gasteiger partial charge in [0.15, 0.2) is 0 Å².